The van der Waals surface area contributed by atoms with Crippen molar-refractivity contribution in [3.05, 3.63) is 23.4 Å². The zero-order chi connectivity index (χ0) is 15.2. The van der Waals surface area contributed by atoms with Gasteiger partial charge in [0.25, 0.3) is 0 Å². The summed E-state index contributed by atoms with van der Waals surface area (Å²) >= 11 is 6.06. The van der Waals surface area contributed by atoms with E-state index in [4.69, 9.17) is 21.3 Å². The van der Waals surface area contributed by atoms with Crippen LogP contribution >= 0.6 is 11.6 Å². The van der Waals surface area contributed by atoms with Crippen LogP contribution in [-0.4, -0.2) is 31.3 Å². The van der Waals surface area contributed by atoms with Gasteiger partial charge in [-0.1, -0.05) is 13.3 Å². The van der Waals surface area contributed by atoms with E-state index >= 15 is 0 Å². The highest BCUT2D eigenvalue weighted by Gasteiger charge is 2.32. The minimum absolute atomic E-state index is 0.521. The lowest BCUT2D eigenvalue weighted by Gasteiger charge is -2.31. The lowest BCUT2D eigenvalue weighted by Crippen LogP contribution is -2.38. The first kappa shape index (κ1) is 16.6. The maximum atomic E-state index is 6.06. The highest BCUT2D eigenvalue weighted by atomic mass is 35.5. The van der Waals surface area contributed by atoms with E-state index in [0.717, 1.165) is 49.0 Å². The fourth-order valence-electron chi connectivity index (χ4n) is 2.79. The first-order chi connectivity index (χ1) is 10.2. The van der Waals surface area contributed by atoms with Crippen molar-refractivity contribution in [1.29, 1.82) is 0 Å². The monoisotopic (exact) mass is 310 g/mol. The Bertz CT molecular complexity index is 448. The Labute approximate surface area is 133 Å². The average Bonchev–Trinajstić information content (AvgIpc) is 3.32. The first-order valence-electron chi connectivity index (χ1n) is 8.01. The molecule has 1 heterocycles. The third-order valence-corrected chi connectivity index (χ3v) is 4.52. The predicted octanol–water partition coefficient (Wildman–Crippen LogP) is 4.02. The third kappa shape index (κ3) is 4.58. The Morgan fingerprint density at radius 2 is 2.19 bits per heavy atom. The number of aryl methyl sites for hydroxylation is 1. The van der Waals surface area contributed by atoms with Crippen LogP contribution < -0.4 is 4.90 Å². The van der Waals surface area contributed by atoms with Crippen LogP contribution in [0.1, 0.15) is 44.4 Å². The number of halogens is 1. The van der Waals surface area contributed by atoms with Crippen LogP contribution in [0.2, 0.25) is 0 Å². The van der Waals surface area contributed by atoms with Crippen molar-refractivity contribution in [3.63, 3.8) is 0 Å². The number of ether oxygens (including phenoxy) is 1. The summed E-state index contributed by atoms with van der Waals surface area (Å²) in [5.41, 5.74) is 2.31. The van der Waals surface area contributed by atoms with Crippen LogP contribution in [0.3, 0.4) is 0 Å². The molecule has 0 saturated heterocycles. The van der Waals surface area contributed by atoms with E-state index in [1.165, 1.54) is 12.8 Å². The summed E-state index contributed by atoms with van der Waals surface area (Å²) in [4.78, 5) is 7.27. The zero-order valence-electron chi connectivity index (χ0n) is 13.4. The molecule has 1 aromatic heterocycles. The largest absolute Gasteiger partial charge is 0.383 e. The van der Waals surface area contributed by atoms with E-state index in [2.05, 4.69) is 30.9 Å². The maximum absolute atomic E-state index is 6.06. The van der Waals surface area contributed by atoms with E-state index in [0.29, 0.717) is 11.9 Å². The van der Waals surface area contributed by atoms with E-state index in [9.17, 15) is 0 Å². The first-order valence-corrected chi connectivity index (χ1v) is 8.54. The van der Waals surface area contributed by atoms with Gasteiger partial charge in [0.05, 0.1) is 6.61 Å². The molecule has 3 nitrogen and oxygen atoms in total. The van der Waals surface area contributed by atoms with E-state index in [-0.39, 0.29) is 0 Å². The number of nitrogens with zero attached hydrogens (tertiary/aromatic N) is 2. The van der Waals surface area contributed by atoms with Crippen molar-refractivity contribution in [3.8, 4) is 0 Å². The minimum atomic E-state index is 0.521. The molecule has 1 atom stereocenters. The van der Waals surface area contributed by atoms with Gasteiger partial charge in [-0.15, -0.1) is 11.6 Å². The molecule has 0 radical (unpaired) electrons. The molecule has 118 valence electrons. The summed E-state index contributed by atoms with van der Waals surface area (Å²) in [6, 6.07) is 4.80. The maximum Gasteiger partial charge on any atom is 0.129 e. The summed E-state index contributed by atoms with van der Waals surface area (Å²) in [7, 11) is 1.76. The average molecular weight is 311 g/mol. The summed E-state index contributed by atoms with van der Waals surface area (Å²) in [5.74, 6) is 2.41. The number of pyridine rings is 1. The second-order valence-corrected chi connectivity index (χ2v) is 6.24. The minimum Gasteiger partial charge on any atom is -0.383 e. The number of hydrogen-bond acceptors (Lipinski definition) is 3. The molecule has 1 saturated carbocycles. The van der Waals surface area contributed by atoms with Crippen molar-refractivity contribution < 1.29 is 4.74 Å². The predicted molar refractivity (Wildman–Crippen MR) is 89.2 cm³/mol. The normalized spacial score (nSPS) is 16.0. The van der Waals surface area contributed by atoms with Crippen LogP contribution in [0.4, 0.5) is 5.82 Å². The molecule has 1 aliphatic carbocycles. The fourth-order valence-corrected chi connectivity index (χ4v) is 2.95. The quantitative estimate of drug-likeness (QED) is 0.644. The van der Waals surface area contributed by atoms with Crippen LogP contribution in [0, 0.1) is 5.92 Å². The second kappa shape index (κ2) is 8.00. The molecule has 0 bridgehead atoms. The molecule has 0 spiro atoms. The van der Waals surface area contributed by atoms with Gasteiger partial charge in [0, 0.05) is 31.3 Å². The molecule has 0 aromatic carbocycles. The van der Waals surface area contributed by atoms with Crippen LogP contribution in [0.5, 0.6) is 0 Å². The van der Waals surface area contributed by atoms with Gasteiger partial charge < -0.3 is 9.64 Å². The molecule has 0 aliphatic heterocycles. The molecule has 21 heavy (non-hydrogen) atoms. The molecule has 1 aromatic rings. The lowest BCUT2D eigenvalue weighted by atomic mass is 10.1. The van der Waals surface area contributed by atoms with E-state index < -0.39 is 0 Å². The molecule has 1 aliphatic rings. The van der Waals surface area contributed by atoms with Gasteiger partial charge in [0.1, 0.15) is 5.82 Å². The van der Waals surface area contributed by atoms with Crippen LogP contribution in [0.25, 0.3) is 0 Å². The number of anilines is 1. The summed E-state index contributed by atoms with van der Waals surface area (Å²) in [6.07, 6.45) is 4.78. The Morgan fingerprint density at radius 1 is 1.43 bits per heavy atom. The smallest absolute Gasteiger partial charge is 0.129 e. The number of alkyl halides is 1. The molecule has 1 unspecified atom stereocenters. The number of methoxy groups -OCH3 is 1. The van der Waals surface area contributed by atoms with Crippen molar-refractivity contribution in [1.82, 2.24) is 4.98 Å². The molecule has 4 heteroatoms. The van der Waals surface area contributed by atoms with Crippen LogP contribution in [-0.2, 0) is 17.0 Å². The van der Waals surface area contributed by atoms with Gasteiger partial charge in [-0.2, -0.15) is 0 Å². The van der Waals surface area contributed by atoms with E-state index in [1.54, 1.807) is 7.11 Å². The number of rotatable bonds is 9. The molecule has 0 N–H and O–H groups in total. The van der Waals surface area contributed by atoms with Gasteiger partial charge in [-0.25, -0.2) is 4.98 Å². The van der Waals surface area contributed by atoms with Gasteiger partial charge in [-0.3, -0.25) is 0 Å². The highest BCUT2D eigenvalue weighted by molar-refractivity contribution is 6.17. The summed E-state index contributed by atoms with van der Waals surface area (Å²) < 4.78 is 5.28. The standard InChI is InChI=1S/C17H27ClN2O/c1-4-5-16-10-14(12-18)11-17(19-16)20(8-9-21-3)13(2)15-6-7-15/h10-11,13,15H,4-9,12H2,1-3H3. The van der Waals surface area contributed by atoms with Gasteiger partial charge >= 0.3 is 0 Å². The van der Waals surface area contributed by atoms with Crippen LogP contribution in [0.15, 0.2) is 12.1 Å². The van der Waals surface area contributed by atoms with Crippen molar-refractivity contribution in [2.45, 2.75) is 51.5 Å². The van der Waals surface area contributed by atoms with Gasteiger partial charge in [-0.05, 0) is 49.8 Å². The second-order valence-electron chi connectivity index (χ2n) is 5.97. The number of hydrogen-bond donors (Lipinski definition) is 0. The van der Waals surface area contributed by atoms with Gasteiger partial charge in [0.2, 0.25) is 0 Å². The van der Waals surface area contributed by atoms with Crippen molar-refractivity contribution in [2.75, 3.05) is 25.2 Å². The van der Waals surface area contributed by atoms with Gasteiger partial charge in [0.15, 0.2) is 0 Å². The Kier molecular flexibility index (Phi) is 6.31. The fraction of sp³-hybridized carbons (Fsp3) is 0.706. The lowest BCUT2D eigenvalue weighted by molar-refractivity contribution is 0.202. The Hall–Kier alpha value is -0.800. The highest BCUT2D eigenvalue weighted by Crippen LogP contribution is 2.36. The SMILES string of the molecule is CCCc1cc(CCl)cc(N(CCOC)C(C)C2CC2)n1. The number of aromatic nitrogens is 1. The molecule has 1 fully saturated rings. The summed E-state index contributed by atoms with van der Waals surface area (Å²) in [6.45, 7) is 6.11. The molecular weight excluding hydrogens is 284 g/mol. The van der Waals surface area contributed by atoms with Crippen molar-refractivity contribution in [2.24, 2.45) is 5.92 Å². The van der Waals surface area contributed by atoms with Crippen molar-refractivity contribution >= 4 is 17.4 Å². The molecule has 2 rings (SSSR count). The Morgan fingerprint density at radius 3 is 2.76 bits per heavy atom. The summed E-state index contributed by atoms with van der Waals surface area (Å²) in [5, 5.41) is 0. The molecular formula is C17H27ClN2O. The zero-order valence-corrected chi connectivity index (χ0v) is 14.2. The topological polar surface area (TPSA) is 25.4 Å². The molecule has 0 amide bonds. The third-order valence-electron chi connectivity index (χ3n) is 4.21. The Balaban J connectivity index is 2.25. The van der Waals surface area contributed by atoms with E-state index in [1.807, 2.05) is 0 Å².